The molecule has 0 aromatic carbocycles. The highest BCUT2D eigenvalue weighted by Crippen LogP contribution is 2.22. The van der Waals surface area contributed by atoms with E-state index in [0.717, 1.165) is 49.3 Å². The molecule has 1 fully saturated rings. The molecule has 8 heteroatoms. The SMILES string of the molecule is CCOC(=O)c1[nH]c(C)c(CCC(=O)N2CCC[C@@H](C(=O)NCCN(CC)CC)C2)c1C. The van der Waals surface area contributed by atoms with Crippen LogP contribution in [0.25, 0.3) is 0 Å². The van der Waals surface area contributed by atoms with E-state index in [0.29, 0.717) is 44.8 Å². The van der Waals surface area contributed by atoms with Gasteiger partial charge in [-0.05, 0) is 64.3 Å². The maximum absolute atomic E-state index is 12.9. The van der Waals surface area contributed by atoms with Gasteiger partial charge in [0.25, 0.3) is 0 Å². The molecule has 1 aliphatic heterocycles. The van der Waals surface area contributed by atoms with E-state index >= 15 is 0 Å². The van der Waals surface area contributed by atoms with Gasteiger partial charge in [0, 0.05) is 38.3 Å². The van der Waals surface area contributed by atoms with Crippen LogP contribution in [0.2, 0.25) is 0 Å². The number of hydrogen-bond acceptors (Lipinski definition) is 5. The summed E-state index contributed by atoms with van der Waals surface area (Å²) < 4.78 is 5.10. The number of aromatic nitrogens is 1. The lowest BCUT2D eigenvalue weighted by molar-refractivity contribution is -0.135. The third-order valence-electron chi connectivity index (χ3n) is 6.43. The second-order valence-corrected chi connectivity index (χ2v) is 8.45. The average molecular weight is 449 g/mol. The second kappa shape index (κ2) is 12.6. The monoisotopic (exact) mass is 448 g/mol. The van der Waals surface area contributed by atoms with Crippen molar-refractivity contribution in [1.82, 2.24) is 20.1 Å². The van der Waals surface area contributed by atoms with Gasteiger partial charge < -0.3 is 24.8 Å². The first-order valence-electron chi connectivity index (χ1n) is 11.9. The van der Waals surface area contributed by atoms with Gasteiger partial charge in [-0.3, -0.25) is 9.59 Å². The van der Waals surface area contributed by atoms with Crippen LogP contribution in [0.5, 0.6) is 0 Å². The van der Waals surface area contributed by atoms with Gasteiger partial charge in [-0.1, -0.05) is 13.8 Å². The summed E-state index contributed by atoms with van der Waals surface area (Å²) in [6.07, 6.45) is 2.58. The van der Waals surface area contributed by atoms with Crippen LogP contribution >= 0.6 is 0 Å². The zero-order chi connectivity index (χ0) is 23.7. The number of nitrogens with one attached hydrogen (secondary N) is 2. The highest BCUT2D eigenvalue weighted by atomic mass is 16.5. The van der Waals surface area contributed by atoms with Gasteiger partial charge in [0.1, 0.15) is 5.69 Å². The molecular weight excluding hydrogens is 408 g/mol. The summed E-state index contributed by atoms with van der Waals surface area (Å²) in [4.78, 5) is 44.8. The Kier molecular flexibility index (Phi) is 10.2. The fourth-order valence-corrected chi connectivity index (χ4v) is 4.40. The van der Waals surface area contributed by atoms with Gasteiger partial charge in [0.15, 0.2) is 0 Å². The molecule has 1 aromatic heterocycles. The van der Waals surface area contributed by atoms with Crippen LogP contribution in [0.1, 0.15) is 67.3 Å². The number of carbonyl (C=O) groups is 3. The molecule has 1 saturated heterocycles. The number of likely N-dealkylation sites (tertiary alicyclic amines) is 1. The molecule has 8 nitrogen and oxygen atoms in total. The molecule has 2 amide bonds. The van der Waals surface area contributed by atoms with Crippen LogP contribution in [0.3, 0.4) is 0 Å². The maximum Gasteiger partial charge on any atom is 0.355 e. The Morgan fingerprint density at radius 1 is 1.19 bits per heavy atom. The highest BCUT2D eigenvalue weighted by Gasteiger charge is 2.28. The number of H-pyrrole nitrogens is 1. The zero-order valence-electron chi connectivity index (χ0n) is 20.4. The number of nitrogens with zero attached hydrogens (tertiary/aromatic N) is 2. The topological polar surface area (TPSA) is 94.7 Å². The number of rotatable bonds is 11. The standard InChI is InChI=1S/C24H40N4O4/c1-6-27(7-2)15-13-25-23(30)19-10-9-14-28(16-19)21(29)12-11-20-17(4)22(26-18(20)5)24(31)32-8-3/h19,26H,6-16H2,1-5H3,(H,25,30)/t19-/m1/s1. The first kappa shape index (κ1) is 25.9. The minimum Gasteiger partial charge on any atom is -0.461 e. The van der Waals surface area contributed by atoms with Gasteiger partial charge in [0.2, 0.25) is 11.8 Å². The molecule has 2 rings (SSSR count). The Hall–Kier alpha value is -2.35. The summed E-state index contributed by atoms with van der Waals surface area (Å²) in [6.45, 7) is 14.7. The Bertz CT molecular complexity index is 785. The normalized spacial score (nSPS) is 16.3. The number of hydrogen-bond donors (Lipinski definition) is 2. The van der Waals surface area contributed by atoms with Crippen molar-refractivity contribution < 1.29 is 19.1 Å². The van der Waals surface area contributed by atoms with Gasteiger partial charge >= 0.3 is 5.97 Å². The van der Waals surface area contributed by atoms with Crippen LogP contribution in [0.15, 0.2) is 0 Å². The third-order valence-corrected chi connectivity index (χ3v) is 6.43. The van der Waals surface area contributed by atoms with Crippen LogP contribution in [0.4, 0.5) is 0 Å². The molecule has 0 radical (unpaired) electrons. The first-order chi connectivity index (χ1) is 15.3. The van der Waals surface area contributed by atoms with Crippen molar-refractivity contribution in [1.29, 1.82) is 0 Å². The molecule has 2 heterocycles. The summed E-state index contributed by atoms with van der Waals surface area (Å²) in [5.41, 5.74) is 3.19. The summed E-state index contributed by atoms with van der Waals surface area (Å²) >= 11 is 0. The smallest absolute Gasteiger partial charge is 0.355 e. The van der Waals surface area contributed by atoms with E-state index < -0.39 is 0 Å². The van der Waals surface area contributed by atoms with E-state index in [1.54, 1.807) is 6.92 Å². The molecule has 1 aliphatic rings. The van der Waals surface area contributed by atoms with Gasteiger partial charge in [-0.25, -0.2) is 4.79 Å². The average Bonchev–Trinajstić information content (AvgIpc) is 3.08. The Morgan fingerprint density at radius 3 is 2.56 bits per heavy atom. The third kappa shape index (κ3) is 6.82. The number of aryl methyl sites for hydroxylation is 1. The Morgan fingerprint density at radius 2 is 1.91 bits per heavy atom. The van der Waals surface area contributed by atoms with Crippen molar-refractivity contribution in [3.05, 3.63) is 22.5 Å². The van der Waals surface area contributed by atoms with Crippen LogP contribution < -0.4 is 5.32 Å². The van der Waals surface area contributed by atoms with Crippen LogP contribution in [-0.4, -0.2) is 78.4 Å². The Balaban J connectivity index is 1.87. The molecule has 0 bridgehead atoms. The lowest BCUT2D eigenvalue weighted by Gasteiger charge is -2.32. The molecule has 0 aliphatic carbocycles. The molecule has 1 atom stereocenters. The molecule has 0 unspecified atom stereocenters. The number of ether oxygens (including phenoxy) is 1. The van der Waals surface area contributed by atoms with Crippen molar-refractivity contribution in [2.45, 2.75) is 60.3 Å². The fraction of sp³-hybridized carbons (Fsp3) is 0.708. The minimum atomic E-state index is -0.364. The summed E-state index contributed by atoms with van der Waals surface area (Å²) in [6, 6.07) is 0. The van der Waals surface area contributed by atoms with Crippen molar-refractivity contribution in [2.75, 3.05) is 45.9 Å². The molecule has 2 N–H and O–H groups in total. The van der Waals surface area contributed by atoms with E-state index in [9.17, 15) is 14.4 Å². The van der Waals surface area contributed by atoms with E-state index in [4.69, 9.17) is 4.74 Å². The van der Waals surface area contributed by atoms with Crippen molar-refractivity contribution >= 4 is 17.8 Å². The summed E-state index contributed by atoms with van der Waals surface area (Å²) in [5.74, 6) is -0.401. The molecule has 32 heavy (non-hydrogen) atoms. The van der Waals surface area contributed by atoms with Crippen molar-refractivity contribution in [3.63, 3.8) is 0 Å². The van der Waals surface area contributed by atoms with Crippen molar-refractivity contribution in [3.8, 4) is 0 Å². The molecule has 0 spiro atoms. The number of amides is 2. The van der Waals surface area contributed by atoms with E-state index in [1.165, 1.54) is 0 Å². The quantitative estimate of drug-likeness (QED) is 0.507. The maximum atomic E-state index is 12.9. The molecular formula is C24H40N4O4. The largest absolute Gasteiger partial charge is 0.461 e. The van der Waals surface area contributed by atoms with Gasteiger partial charge in [-0.15, -0.1) is 0 Å². The number of likely N-dealkylation sites (N-methyl/N-ethyl adjacent to an activating group) is 1. The summed E-state index contributed by atoms with van der Waals surface area (Å²) in [7, 11) is 0. The van der Waals surface area contributed by atoms with Gasteiger partial charge in [-0.2, -0.15) is 0 Å². The van der Waals surface area contributed by atoms with E-state index in [1.807, 2.05) is 18.7 Å². The second-order valence-electron chi connectivity index (χ2n) is 8.45. The van der Waals surface area contributed by atoms with Crippen LogP contribution in [-0.2, 0) is 20.7 Å². The van der Waals surface area contributed by atoms with Gasteiger partial charge in [0.05, 0.1) is 12.5 Å². The van der Waals surface area contributed by atoms with E-state index in [-0.39, 0.29) is 23.7 Å². The fourth-order valence-electron chi connectivity index (χ4n) is 4.40. The highest BCUT2D eigenvalue weighted by molar-refractivity contribution is 5.90. The van der Waals surface area contributed by atoms with Crippen LogP contribution in [0, 0.1) is 19.8 Å². The number of esters is 1. The zero-order valence-corrected chi connectivity index (χ0v) is 20.4. The lowest BCUT2D eigenvalue weighted by atomic mass is 9.96. The predicted molar refractivity (Wildman–Crippen MR) is 125 cm³/mol. The lowest BCUT2D eigenvalue weighted by Crippen LogP contribution is -2.46. The predicted octanol–water partition coefficient (Wildman–Crippen LogP) is 2.44. The Labute approximate surface area is 192 Å². The van der Waals surface area contributed by atoms with E-state index in [2.05, 4.69) is 29.0 Å². The molecule has 0 saturated carbocycles. The number of aromatic amines is 1. The molecule has 180 valence electrons. The number of carbonyl (C=O) groups excluding carboxylic acids is 3. The number of piperidine rings is 1. The van der Waals surface area contributed by atoms with Crippen molar-refractivity contribution in [2.24, 2.45) is 5.92 Å². The minimum absolute atomic E-state index is 0.0473. The first-order valence-corrected chi connectivity index (χ1v) is 11.9. The summed E-state index contributed by atoms with van der Waals surface area (Å²) in [5, 5.41) is 3.04. The molecule has 1 aromatic rings.